The molecule has 0 rings (SSSR count). The van der Waals surface area contributed by atoms with Crippen LogP contribution >= 0.6 is 0 Å². The van der Waals surface area contributed by atoms with E-state index in [1.807, 2.05) is 0 Å². The predicted molar refractivity (Wildman–Crippen MR) is 61.4 cm³/mol. The molecule has 0 aromatic rings. The molecule has 100 valence electrons. The minimum absolute atomic E-state index is 0.0136. The molecule has 0 bridgehead atoms. The molecular formula is C11H22NO5+. The number of aliphatic hydroxyl groups excluding tert-OH is 1. The molecule has 0 radical (unpaired) electrons. The third-order valence-corrected chi connectivity index (χ3v) is 2.26. The SMILES string of the molecule is C[N+](C)(C)C[C@](O)(CC(=O)O)C(=O)CCCO. The smallest absolute Gasteiger partial charge is 0.306 e. The van der Waals surface area contributed by atoms with E-state index < -0.39 is 23.8 Å². The molecule has 3 N–H and O–H groups in total. The number of likely N-dealkylation sites (N-methyl/N-ethyl adjacent to an activating group) is 1. The third-order valence-electron chi connectivity index (χ3n) is 2.26. The molecule has 0 fully saturated rings. The van der Waals surface area contributed by atoms with E-state index in [4.69, 9.17) is 10.2 Å². The first-order chi connectivity index (χ1) is 7.60. The van der Waals surface area contributed by atoms with Crippen LogP contribution in [0.15, 0.2) is 0 Å². The summed E-state index contributed by atoms with van der Waals surface area (Å²) in [6, 6.07) is 0. The highest BCUT2D eigenvalue weighted by Gasteiger charge is 2.42. The topological polar surface area (TPSA) is 94.8 Å². The second-order valence-corrected chi connectivity index (χ2v) is 5.30. The monoisotopic (exact) mass is 248 g/mol. The highest BCUT2D eigenvalue weighted by atomic mass is 16.4. The average Bonchev–Trinajstić information content (AvgIpc) is 2.09. The fourth-order valence-corrected chi connectivity index (χ4v) is 1.75. The lowest BCUT2D eigenvalue weighted by atomic mass is 9.90. The van der Waals surface area contributed by atoms with Gasteiger partial charge in [0.25, 0.3) is 0 Å². The van der Waals surface area contributed by atoms with Crippen molar-refractivity contribution in [2.45, 2.75) is 24.9 Å². The van der Waals surface area contributed by atoms with Crippen LogP contribution in [-0.2, 0) is 9.59 Å². The van der Waals surface area contributed by atoms with Gasteiger partial charge < -0.3 is 19.8 Å². The van der Waals surface area contributed by atoms with Gasteiger partial charge >= 0.3 is 5.97 Å². The number of Topliss-reactive ketones (excluding diaryl/α,β-unsaturated/α-hetero) is 1. The Bertz CT molecular complexity index is 284. The van der Waals surface area contributed by atoms with Crippen LogP contribution in [0.3, 0.4) is 0 Å². The van der Waals surface area contributed by atoms with Crippen molar-refractivity contribution in [3.05, 3.63) is 0 Å². The third kappa shape index (κ3) is 6.35. The molecule has 6 heteroatoms. The van der Waals surface area contributed by atoms with Crippen LogP contribution in [0.1, 0.15) is 19.3 Å². The zero-order valence-corrected chi connectivity index (χ0v) is 10.6. The van der Waals surface area contributed by atoms with Gasteiger partial charge in [-0.25, -0.2) is 0 Å². The maximum atomic E-state index is 11.8. The van der Waals surface area contributed by atoms with Gasteiger partial charge in [-0.05, 0) is 6.42 Å². The summed E-state index contributed by atoms with van der Waals surface area (Å²) in [5.41, 5.74) is -1.86. The van der Waals surface area contributed by atoms with Crippen LogP contribution in [-0.4, -0.2) is 71.5 Å². The van der Waals surface area contributed by atoms with Crippen LogP contribution in [0.5, 0.6) is 0 Å². The van der Waals surface area contributed by atoms with Crippen molar-refractivity contribution in [1.82, 2.24) is 0 Å². The fraction of sp³-hybridized carbons (Fsp3) is 0.818. The van der Waals surface area contributed by atoms with Gasteiger partial charge in [-0.3, -0.25) is 9.59 Å². The number of quaternary nitrogens is 1. The fourth-order valence-electron chi connectivity index (χ4n) is 1.75. The second kappa shape index (κ2) is 6.09. The van der Waals surface area contributed by atoms with E-state index in [1.54, 1.807) is 21.1 Å². The summed E-state index contributed by atoms with van der Waals surface area (Å²) in [4.78, 5) is 22.5. The maximum Gasteiger partial charge on any atom is 0.306 e. The molecule has 17 heavy (non-hydrogen) atoms. The number of nitrogens with zero attached hydrogens (tertiary/aromatic N) is 1. The second-order valence-electron chi connectivity index (χ2n) is 5.30. The number of rotatable bonds is 8. The molecule has 1 atom stereocenters. The molecule has 0 unspecified atom stereocenters. The predicted octanol–water partition coefficient (Wildman–Crippen LogP) is -0.760. The first-order valence-corrected chi connectivity index (χ1v) is 5.49. The lowest BCUT2D eigenvalue weighted by molar-refractivity contribution is -0.875. The summed E-state index contributed by atoms with van der Waals surface area (Å²) in [7, 11) is 5.31. The summed E-state index contributed by atoms with van der Waals surface area (Å²) in [6.45, 7) is -0.122. The van der Waals surface area contributed by atoms with Gasteiger partial charge in [0.15, 0.2) is 11.4 Å². The van der Waals surface area contributed by atoms with Crippen molar-refractivity contribution in [1.29, 1.82) is 0 Å². The molecular weight excluding hydrogens is 226 g/mol. The van der Waals surface area contributed by atoms with Crippen molar-refractivity contribution in [3.8, 4) is 0 Å². The molecule has 0 aliphatic rings. The number of carbonyl (C=O) groups excluding carboxylic acids is 1. The highest BCUT2D eigenvalue weighted by molar-refractivity contribution is 5.90. The standard InChI is InChI=1S/C11H21NO5/c1-12(2,3)8-11(17,7-10(15)16)9(14)5-4-6-13/h13,17H,4-8H2,1-3H3/p+1/t11-/m1/s1. The van der Waals surface area contributed by atoms with Crippen molar-refractivity contribution >= 4 is 11.8 Å². The van der Waals surface area contributed by atoms with Crippen molar-refractivity contribution in [3.63, 3.8) is 0 Å². The minimum atomic E-state index is -1.86. The normalized spacial score (nSPS) is 15.4. The first-order valence-electron chi connectivity index (χ1n) is 5.49. The Balaban J connectivity index is 4.83. The quantitative estimate of drug-likeness (QED) is 0.491. The maximum absolute atomic E-state index is 11.8. The molecule has 0 aliphatic heterocycles. The number of aliphatic hydroxyl groups is 2. The summed E-state index contributed by atoms with van der Waals surface area (Å²) in [5.74, 6) is -1.74. The van der Waals surface area contributed by atoms with Crippen LogP contribution < -0.4 is 0 Å². The van der Waals surface area contributed by atoms with Crippen LogP contribution in [0.2, 0.25) is 0 Å². The first kappa shape index (κ1) is 16.0. The van der Waals surface area contributed by atoms with Gasteiger partial charge in [0.2, 0.25) is 0 Å². The Morgan fingerprint density at radius 3 is 2.12 bits per heavy atom. The van der Waals surface area contributed by atoms with Gasteiger partial charge in [-0.2, -0.15) is 0 Å². The summed E-state index contributed by atoms with van der Waals surface area (Å²) in [5, 5.41) is 27.6. The van der Waals surface area contributed by atoms with E-state index >= 15 is 0 Å². The number of carboxylic acids is 1. The lowest BCUT2D eigenvalue weighted by Gasteiger charge is -2.33. The molecule has 0 aromatic heterocycles. The molecule has 6 nitrogen and oxygen atoms in total. The Labute approximate surface area is 101 Å². The molecule has 0 saturated heterocycles. The molecule has 0 spiro atoms. The van der Waals surface area contributed by atoms with Crippen LogP contribution in [0, 0.1) is 0 Å². The lowest BCUT2D eigenvalue weighted by Crippen LogP contribution is -2.54. The number of aliphatic carboxylic acids is 1. The number of hydrogen-bond acceptors (Lipinski definition) is 4. The molecule has 0 amide bonds. The minimum Gasteiger partial charge on any atom is -0.481 e. The van der Waals surface area contributed by atoms with Gasteiger partial charge in [-0.15, -0.1) is 0 Å². The Hall–Kier alpha value is -0.980. The van der Waals surface area contributed by atoms with E-state index in [0.29, 0.717) is 0 Å². The zero-order chi connectivity index (χ0) is 13.7. The van der Waals surface area contributed by atoms with Gasteiger partial charge in [0.1, 0.15) is 6.54 Å². The van der Waals surface area contributed by atoms with Gasteiger partial charge in [0, 0.05) is 13.0 Å². The largest absolute Gasteiger partial charge is 0.481 e. The zero-order valence-electron chi connectivity index (χ0n) is 10.6. The number of carbonyl (C=O) groups is 2. The highest BCUT2D eigenvalue weighted by Crippen LogP contribution is 2.18. The molecule has 0 aliphatic carbocycles. The molecule has 0 heterocycles. The Morgan fingerprint density at radius 2 is 1.76 bits per heavy atom. The summed E-state index contributed by atoms with van der Waals surface area (Å²) >= 11 is 0. The number of hydrogen-bond donors (Lipinski definition) is 3. The van der Waals surface area contributed by atoms with Crippen LogP contribution in [0.4, 0.5) is 0 Å². The van der Waals surface area contributed by atoms with Crippen LogP contribution in [0.25, 0.3) is 0 Å². The van der Waals surface area contributed by atoms with Gasteiger partial charge in [-0.1, -0.05) is 0 Å². The molecule has 0 saturated carbocycles. The van der Waals surface area contributed by atoms with Crippen molar-refractivity contribution < 1.29 is 29.4 Å². The van der Waals surface area contributed by atoms with E-state index in [1.165, 1.54) is 0 Å². The summed E-state index contributed by atoms with van der Waals surface area (Å²) < 4.78 is 0.286. The average molecular weight is 248 g/mol. The molecule has 0 aromatic carbocycles. The number of ketones is 1. The van der Waals surface area contributed by atoms with Crippen molar-refractivity contribution in [2.75, 3.05) is 34.3 Å². The van der Waals surface area contributed by atoms with Gasteiger partial charge in [0.05, 0.1) is 27.6 Å². The Morgan fingerprint density at radius 1 is 1.24 bits per heavy atom. The van der Waals surface area contributed by atoms with E-state index in [0.717, 1.165) is 0 Å². The van der Waals surface area contributed by atoms with Crippen molar-refractivity contribution in [2.24, 2.45) is 0 Å². The van der Waals surface area contributed by atoms with E-state index in [-0.39, 0.29) is 30.5 Å². The number of carboxylic acid groups (broad SMARTS) is 1. The Kier molecular flexibility index (Phi) is 5.74. The summed E-state index contributed by atoms with van der Waals surface area (Å²) in [6.07, 6.45) is -0.384. The van der Waals surface area contributed by atoms with E-state index in [9.17, 15) is 14.7 Å². The van der Waals surface area contributed by atoms with E-state index in [2.05, 4.69) is 0 Å².